The molecular formula is C38H38N6O18P3-3. The number of aromatic hydroxyl groups is 2. The number of carbonyl (C=O) groups is 2. The second-order valence-electron chi connectivity index (χ2n) is 15.2. The highest BCUT2D eigenvalue weighted by atomic mass is 31.3. The van der Waals surface area contributed by atoms with Crippen molar-refractivity contribution < 1.29 is 85.9 Å². The maximum Gasteiger partial charge on any atom is 0.340 e. The van der Waals surface area contributed by atoms with Gasteiger partial charge in [-0.25, -0.2) is 28.4 Å². The van der Waals surface area contributed by atoms with Gasteiger partial charge in [-0.3, -0.25) is 23.1 Å². The number of fused-ring (bicyclic) bond motifs is 7. The Morgan fingerprint density at radius 1 is 0.846 bits per heavy atom. The van der Waals surface area contributed by atoms with Crippen LogP contribution in [0.2, 0.25) is 0 Å². The van der Waals surface area contributed by atoms with E-state index in [9.17, 15) is 58.4 Å². The third-order valence-electron chi connectivity index (χ3n) is 10.9. The SMILES string of the molecule is O=C(NCCCCCCNc1ncnc2c1ncn2[C@@H]1O[C@H](COP(=O)([O-])OP(=O)([O-])OP(=O)([O-])O)[C@@H](O)[C@H]1O)c1ccc2c(c1)C(=O)OC21c2ccc(O)cc2Cc2cc(O)ccc21. The molecule has 5 aromatic rings. The van der Waals surface area contributed by atoms with Gasteiger partial charge in [-0.2, -0.15) is 0 Å². The van der Waals surface area contributed by atoms with E-state index >= 15 is 0 Å². The second kappa shape index (κ2) is 17.9. The monoisotopic (exact) mass is 959 g/mol. The average Bonchev–Trinajstić information content (AvgIpc) is 3.87. The topological polar surface area (TPSA) is 369 Å². The van der Waals surface area contributed by atoms with Crippen molar-refractivity contribution >= 4 is 52.3 Å². The Labute approximate surface area is 367 Å². The molecule has 1 spiro atoms. The summed E-state index contributed by atoms with van der Waals surface area (Å²) in [5.41, 5.74) is 2.97. The third kappa shape index (κ3) is 9.58. The van der Waals surface area contributed by atoms with Crippen LogP contribution in [-0.2, 0) is 48.3 Å². The highest BCUT2D eigenvalue weighted by Gasteiger charge is 2.52. The number of anilines is 1. The Hall–Kier alpha value is -5.16. The Balaban J connectivity index is 0.809. The predicted molar refractivity (Wildman–Crippen MR) is 214 cm³/mol. The van der Waals surface area contributed by atoms with Gasteiger partial charge in [0.1, 0.15) is 36.1 Å². The number of aromatic nitrogens is 4. The smallest absolute Gasteiger partial charge is 0.340 e. The summed E-state index contributed by atoms with van der Waals surface area (Å²) in [6.45, 7) is -0.281. The summed E-state index contributed by atoms with van der Waals surface area (Å²) < 4.78 is 58.2. The number of phenolic OH excluding ortho intramolecular Hbond substituents is 2. The van der Waals surface area contributed by atoms with E-state index in [2.05, 4.69) is 38.7 Å². The molecule has 3 unspecified atom stereocenters. The largest absolute Gasteiger partial charge is 0.756 e. The zero-order valence-electron chi connectivity index (χ0n) is 33.5. The summed E-state index contributed by atoms with van der Waals surface area (Å²) in [6.07, 6.45) is -0.774. The van der Waals surface area contributed by atoms with Gasteiger partial charge in [0.15, 0.2) is 28.8 Å². The molecule has 3 aliphatic rings. The first-order chi connectivity index (χ1) is 30.7. The summed E-state index contributed by atoms with van der Waals surface area (Å²) in [7, 11) is -18.0. The van der Waals surface area contributed by atoms with Crippen molar-refractivity contribution in [2.75, 3.05) is 25.0 Å². The van der Waals surface area contributed by atoms with E-state index < -0.39 is 66.2 Å². The number of benzene rings is 3. The molecule has 8 rings (SSSR count). The Morgan fingerprint density at radius 2 is 1.51 bits per heavy atom. The van der Waals surface area contributed by atoms with Crippen molar-refractivity contribution in [1.29, 1.82) is 0 Å². The van der Waals surface area contributed by atoms with E-state index in [-0.39, 0.29) is 39.7 Å². The van der Waals surface area contributed by atoms with Crippen LogP contribution in [0, 0.1) is 0 Å². The minimum Gasteiger partial charge on any atom is -0.756 e. The normalized spacial score (nSPS) is 22.3. The first-order valence-corrected chi connectivity index (χ1v) is 24.1. The summed E-state index contributed by atoms with van der Waals surface area (Å²) in [5.74, 6) is -0.548. The lowest BCUT2D eigenvalue weighted by molar-refractivity contribution is -0.250. The number of carbonyl (C=O) groups excluding carboxylic acids is 2. The number of nitrogens with zero attached hydrogens (tertiary/aromatic N) is 4. The number of phosphoric acid groups is 3. The second-order valence-corrected chi connectivity index (χ2v) is 19.5. The maximum absolute atomic E-state index is 13.5. The number of unbranched alkanes of at least 4 members (excludes halogenated alkanes) is 3. The molecule has 24 nitrogen and oxygen atoms in total. The third-order valence-corrected chi connectivity index (χ3v) is 14.6. The zero-order chi connectivity index (χ0) is 46.5. The van der Waals surface area contributed by atoms with Crippen molar-refractivity contribution in [2.24, 2.45) is 0 Å². The van der Waals surface area contributed by atoms with Gasteiger partial charge in [-0.1, -0.05) is 31.0 Å². The number of aliphatic hydroxyl groups is 2. The molecule has 346 valence electrons. The van der Waals surface area contributed by atoms with Crippen LogP contribution in [0.4, 0.5) is 5.82 Å². The van der Waals surface area contributed by atoms with Gasteiger partial charge >= 0.3 is 5.97 Å². The number of rotatable bonds is 17. The summed E-state index contributed by atoms with van der Waals surface area (Å²) in [4.78, 5) is 81.9. The Kier molecular flexibility index (Phi) is 12.8. The lowest BCUT2D eigenvalue weighted by atomic mass is 9.71. The van der Waals surface area contributed by atoms with Gasteiger partial charge in [-0.05, 0) is 66.8 Å². The maximum atomic E-state index is 13.5. The van der Waals surface area contributed by atoms with E-state index in [0.717, 1.165) is 24.0 Å². The van der Waals surface area contributed by atoms with Crippen LogP contribution in [-0.4, -0.2) is 94.7 Å². The number of hydrogen-bond donors (Lipinski definition) is 7. The van der Waals surface area contributed by atoms with Gasteiger partial charge in [0, 0.05) is 35.3 Å². The van der Waals surface area contributed by atoms with Gasteiger partial charge in [-0.15, -0.1) is 0 Å². The van der Waals surface area contributed by atoms with Crippen LogP contribution in [0.5, 0.6) is 11.5 Å². The molecule has 7 N–H and O–H groups in total. The molecule has 3 aromatic carbocycles. The van der Waals surface area contributed by atoms with E-state index in [4.69, 9.17) is 14.4 Å². The molecule has 1 amide bonds. The number of hydrogen-bond acceptors (Lipinski definition) is 21. The molecule has 4 heterocycles. The van der Waals surface area contributed by atoms with Gasteiger partial charge in [0.2, 0.25) is 0 Å². The van der Waals surface area contributed by atoms with Gasteiger partial charge in [0.25, 0.3) is 29.4 Å². The number of amides is 1. The molecule has 7 atom stereocenters. The number of nitrogens with one attached hydrogen (secondary N) is 2. The van der Waals surface area contributed by atoms with Crippen LogP contribution in [0.3, 0.4) is 0 Å². The summed E-state index contributed by atoms with van der Waals surface area (Å²) in [5, 5.41) is 47.7. The number of aliphatic hydroxyl groups excluding tert-OH is 2. The highest BCUT2D eigenvalue weighted by molar-refractivity contribution is 7.65. The van der Waals surface area contributed by atoms with Crippen molar-refractivity contribution in [3.05, 3.63) is 106 Å². The van der Waals surface area contributed by atoms with Gasteiger partial charge < -0.3 is 64.6 Å². The molecule has 65 heavy (non-hydrogen) atoms. The molecule has 1 fully saturated rings. The lowest BCUT2D eigenvalue weighted by Crippen LogP contribution is -2.35. The summed E-state index contributed by atoms with van der Waals surface area (Å²) in [6, 6.07) is 14.6. The summed E-state index contributed by atoms with van der Waals surface area (Å²) >= 11 is 0. The molecule has 2 aromatic heterocycles. The van der Waals surface area contributed by atoms with Crippen LogP contribution in [0.15, 0.2) is 67.3 Å². The first kappa shape index (κ1) is 46.4. The van der Waals surface area contributed by atoms with Crippen molar-refractivity contribution in [3.8, 4) is 11.5 Å². The predicted octanol–water partition coefficient (Wildman–Crippen LogP) is 1.07. The number of imidazole rings is 1. The van der Waals surface area contributed by atoms with E-state index in [1.165, 1.54) is 35.4 Å². The van der Waals surface area contributed by atoms with Crippen LogP contribution < -0.4 is 25.3 Å². The minimum absolute atomic E-state index is 0.0512. The molecular weight excluding hydrogens is 921 g/mol. The standard InChI is InChI=1S/C38H41N6O18P3/c45-23-6-9-26-21(14-23)13-22-15-24(46)7-10-27(22)38(26)28-8-5-20(16-25(28)37(50)60-38)35(49)40-12-4-2-1-3-11-39-33-30-34(42-18-41-33)44(19-43-30)36-32(48)31(47)29(59-36)17-58-64(54,55)62-65(56,57)61-63(51,52)53/h5-10,14-16,18-19,29,31-32,36,45-48H,1-4,11-13,17H2,(H,40,49)(H,54,55)(H,56,57)(H,39,41,42)(H2,51,52,53)/p-3/t29-,31-,32-,36-/m1/s1. The van der Waals surface area contributed by atoms with E-state index in [1.807, 2.05) is 0 Å². The average molecular weight is 960 g/mol. The number of ether oxygens (including phenoxy) is 2. The Bertz CT molecular complexity index is 2770. The molecule has 1 saturated heterocycles. The number of esters is 1. The number of phosphoric ester groups is 1. The molecule has 1 aliphatic carbocycles. The van der Waals surface area contributed by atoms with Crippen molar-refractivity contribution in [3.63, 3.8) is 0 Å². The van der Waals surface area contributed by atoms with Gasteiger partial charge in [0.05, 0.1) is 18.5 Å². The quantitative estimate of drug-likeness (QED) is 0.0389. The fraction of sp³-hybridized carbons (Fsp3) is 0.342. The molecule has 27 heteroatoms. The van der Waals surface area contributed by atoms with Crippen LogP contribution in [0.1, 0.15) is 80.4 Å². The lowest BCUT2D eigenvalue weighted by Gasteiger charge is -2.37. The molecule has 2 aliphatic heterocycles. The van der Waals surface area contributed by atoms with E-state index in [0.29, 0.717) is 54.9 Å². The molecule has 0 bridgehead atoms. The van der Waals surface area contributed by atoms with Crippen molar-refractivity contribution in [2.45, 2.75) is 62.2 Å². The zero-order valence-corrected chi connectivity index (χ0v) is 36.2. The fourth-order valence-electron chi connectivity index (χ4n) is 8.13. The Morgan fingerprint density at radius 3 is 2.18 bits per heavy atom. The molecule has 0 radical (unpaired) electrons. The first-order valence-electron chi connectivity index (χ1n) is 19.7. The highest BCUT2D eigenvalue weighted by Crippen LogP contribution is 2.61. The molecule has 0 saturated carbocycles. The van der Waals surface area contributed by atoms with Crippen LogP contribution >= 0.6 is 23.5 Å². The van der Waals surface area contributed by atoms with Crippen molar-refractivity contribution in [1.82, 2.24) is 24.8 Å². The number of phenols is 2. The minimum atomic E-state index is -6.15. The fourth-order valence-corrected chi connectivity index (χ4v) is 11.0. The van der Waals surface area contributed by atoms with E-state index in [1.54, 1.807) is 36.4 Å². The van der Waals surface area contributed by atoms with Crippen LogP contribution in [0.25, 0.3) is 11.2 Å².